The Morgan fingerprint density at radius 1 is 0.613 bits per heavy atom. The Balaban J connectivity index is 0.000000303. The lowest BCUT2D eigenvalue weighted by Crippen LogP contribution is -2.44. The Labute approximate surface area is 491 Å². The van der Waals surface area contributed by atoms with Crippen LogP contribution in [0.4, 0.5) is 0 Å². The summed E-state index contributed by atoms with van der Waals surface area (Å²) in [7, 11) is -1.88. The summed E-state index contributed by atoms with van der Waals surface area (Å²) in [6.07, 6.45) is -1.96. The molecule has 80 heavy (non-hydrogen) atoms. The summed E-state index contributed by atoms with van der Waals surface area (Å²) < 4.78 is 87.1. The van der Waals surface area contributed by atoms with Gasteiger partial charge >= 0.3 is 0 Å². The van der Waals surface area contributed by atoms with E-state index >= 15 is 0 Å². The predicted molar refractivity (Wildman–Crippen MR) is 310 cm³/mol. The molecule has 4 unspecified atom stereocenters. The van der Waals surface area contributed by atoms with Gasteiger partial charge in [0.25, 0.3) is 5.91 Å². The molecular weight excluding hydrogens is 1160 g/mol. The number of sulfone groups is 1. The third-order valence-electron chi connectivity index (χ3n) is 13.1. The summed E-state index contributed by atoms with van der Waals surface area (Å²) in [6.45, 7) is 9.74. The number of rotatable bonds is 33. The Kier molecular flexibility index (Phi) is 29.0. The van der Waals surface area contributed by atoms with E-state index in [9.17, 15) is 36.6 Å². The number of halogens is 4. The average Bonchev–Trinajstić information content (AvgIpc) is 3.56. The Bertz CT molecular complexity index is 2840. The van der Waals surface area contributed by atoms with Gasteiger partial charge in [-0.25, -0.2) is 21.6 Å². The van der Waals surface area contributed by atoms with Gasteiger partial charge in [-0.05, 0) is 115 Å². The minimum absolute atomic E-state index is 0.0363. The van der Waals surface area contributed by atoms with Gasteiger partial charge in [0.1, 0.15) is 6.10 Å². The standard InChI is InChI=1S/C31H42Cl2N2O9S.C25H34Cl2N2O5S/c1-34-31(39)30(38)29(37)28(36)8-4-9-42-11-13-44-14-12-43-10-5-15-45(40,41)23-7-3-6-21(16-23)25-19-35(2)20-26-24(25)17-22(32)18-27(26)33;1-3-8-32-10-12-34-13-11-33-9-7-28-35(30,31)21-6-4-5-19(14-21)23-17-29(2)18-24-22(23)15-20(26)16-25(24)27/h3,6-7,16-18,25,29-30,37-38H,4-5,8-15,19-20H2,1-2H3,(H,34,39);4-6,14-16,23,28H,3,7-13,17-18H2,1-2H3. The zero-order valence-electron chi connectivity index (χ0n) is 45.8. The molecule has 0 aliphatic carbocycles. The van der Waals surface area contributed by atoms with Crippen LogP contribution < -0.4 is 10.0 Å². The van der Waals surface area contributed by atoms with Crippen LogP contribution in [0.25, 0.3) is 0 Å². The van der Waals surface area contributed by atoms with Crippen LogP contribution in [-0.4, -0.2) is 187 Å². The fourth-order valence-corrected chi connectivity index (χ4v) is 12.6. The molecule has 0 aromatic heterocycles. The minimum Gasteiger partial charge on any atom is -0.382 e. The van der Waals surface area contributed by atoms with Crippen molar-refractivity contribution in [1.29, 1.82) is 0 Å². The molecule has 0 radical (unpaired) electrons. The van der Waals surface area contributed by atoms with Crippen LogP contribution in [0.15, 0.2) is 82.6 Å². The molecular formula is C56H76Cl4N4O14S2. The van der Waals surface area contributed by atoms with E-state index < -0.39 is 43.8 Å². The Morgan fingerprint density at radius 2 is 1.06 bits per heavy atom. The molecule has 4 aromatic carbocycles. The molecule has 0 saturated heterocycles. The van der Waals surface area contributed by atoms with Gasteiger partial charge in [-0.1, -0.05) is 77.6 Å². The number of Topliss-reactive ketones (excluding diaryl/α,β-unsaturated/α-hetero) is 1. The molecule has 2 aliphatic heterocycles. The van der Waals surface area contributed by atoms with Crippen molar-refractivity contribution in [2.45, 2.75) is 79.5 Å². The summed E-state index contributed by atoms with van der Waals surface area (Å²) >= 11 is 25.5. The van der Waals surface area contributed by atoms with Gasteiger partial charge < -0.3 is 53.8 Å². The second-order valence-corrected chi connectivity index (χ2v) is 24.9. The molecule has 444 valence electrons. The van der Waals surface area contributed by atoms with Crippen LogP contribution in [0.2, 0.25) is 20.1 Å². The number of carbonyl (C=O) groups excluding carboxylic acids is 2. The van der Waals surface area contributed by atoms with Crippen molar-refractivity contribution < 1.29 is 65.1 Å². The zero-order valence-corrected chi connectivity index (χ0v) is 50.5. The van der Waals surface area contributed by atoms with E-state index in [-0.39, 0.29) is 66.8 Å². The number of aliphatic hydroxyl groups is 2. The SMILES string of the molecule is CCCOCCOCCOCCNS(=O)(=O)c1cccc(C2CN(C)Cc3c(Cl)cc(Cl)cc32)c1.CNC(=O)C(O)C(O)C(=O)CCCOCCOCCOCCCS(=O)(=O)c1cccc(C2CN(C)Cc3c(Cl)cc(Cl)cc32)c1. The first-order valence-corrected chi connectivity index (χ1v) is 31.2. The largest absolute Gasteiger partial charge is 0.382 e. The number of hydrogen-bond donors (Lipinski definition) is 4. The maximum absolute atomic E-state index is 13.1. The highest BCUT2D eigenvalue weighted by molar-refractivity contribution is 7.91. The van der Waals surface area contributed by atoms with E-state index in [2.05, 4.69) is 26.8 Å². The smallest absolute Gasteiger partial charge is 0.251 e. The molecule has 0 saturated carbocycles. The van der Waals surface area contributed by atoms with Crippen LogP contribution in [0.5, 0.6) is 0 Å². The molecule has 18 nitrogen and oxygen atoms in total. The quantitative estimate of drug-likeness (QED) is 0.0355. The van der Waals surface area contributed by atoms with Crippen LogP contribution in [-0.2, 0) is 71.0 Å². The molecule has 0 bridgehead atoms. The number of ketones is 1. The van der Waals surface area contributed by atoms with Crippen molar-refractivity contribution in [3.63, 3.8) is 0 Å². The molecule has 6 rings (SSSR count). The molecule has 4 atom stereocenters. The number of likely N-dealkylation sites (N-methyl/N-ethyl adjacent to an activating group) is 3. The van der Waals surface area contributed by atoms with Gasteiger partial charge in [0, 0.05) is 97.9 Å². The van der Waals surface area contributed by atoms with Gasteiger partial charge in [-0.2, -0.15) is 0 Å². The van der Waals surface area contributed by atoms with Crippen molar-refractivity contribution in [3.8, 4) is 0 Å². The number of nitrogens with zero attached hydrogens (tertiary/aromatic N) is 2. The fourth-order valence-electron chi connectivity index (χ4n) is 9.08. The van der Waals surface area contributed by atoms with Gasteiger partial charge in [-0.3, -0.25) is 9.59 Å². The highest BCUT2D eigenvalue weighted by atomic mass is 35.5. The summed E-state index contributed by atoms with van der Waals surface area (Å²) in [4.78, 5) is 27.9. The van der Waals surface area contributed by atoms with Crippen molar-refractivity contribution in [2.75, 3.05) is 126 Å². The number of carbonyl (C=O) groups is 2. The summed E-state index contributed by atoms with van der Waals surface area (Å²) in [5.41, 5.74) is 5.88. The lowest BCUT2D eigenvalue weighted by atomic mass is 9.85. The van der Waals surface area contributed by atoms with Gasteiger partial charge in [0.15, 0.2) is 21.7 Å². The van der Waals surface area contributed by atoms with Crippen LogP contribution in [0.1, 0.15) is 77.8 Å². The first-order valence-electron chi connectivity index (χ1n) is 26.6. The van der Waals surface area contributed by atoms with E-state index in [1.165, 1.54) is 7.05 Å². The van der Waals surface area contributed by atoms with Crippen LogP contribution in [0, 0.1) is 0 Å². The molecule has 24 heteroatoms. The lowest BCUT2D eigenvalue weighted by Gasteiger charge is -2.33. The third-order valence-corrected chi connectivity index (χ3v) is 17.5. The predicted octanol–water partition coefficient (Wildman–Crippen LogP) is 6.91. The van der Waals surface area contributed by atoms with E-state index in [4.69, 9.17) is 74.8 Å². The van der Waals surface area contributed by atoms with E-state index in [0.717, 1.165) is 59.5 Å². The maximum Gasteiger partial charge on any atom is 0.251 e. The number of amides is 1. The number of benzene rings is 4. The van der Waals surface area contributed by atoms with E-state index in [0.29, 0.717) is 92.3 Å². The molecule has 2 heterocycles. The Morgan fingerprint density at radius 3 is 1.56 bits per heavy atom. The van der Waals surface area contributed by atoms with Crippen molar-refractivity contribution in [1.82, 2.24) is 19.8 Å². The van der Waals surface area contributed by atoms with Crippen molar-refractivity contribution in [3.05, 3.63) is 126 Å². The Hall–Kier alpha value is -3.36. The van der Waals surface area contributed by atoms with Crippen LogP contribution >= 0.6 is 46.4 Å². The minimum atomic E-state index is -3.68. The lowest BCUT2D eigenvalue weighted by molar-refractivity contribution is -0.144. The summed E-state index contributed by atoms with van der Waals surface area (Å²) in [5, 5.41) is 23.8. The summed E-state index contributed by atoms with van der Waals surface area (Å²) in [6, 6.07) is 21.4. The van der Waals surface area contributed by atoms with Gasteiger partial charge in [-0.15, -0.1) is 0 Å². The number of ether oxygens (including phenoxy) is 6. The normalized spacial score (nSPS) is 16.5. The monoisotopic (exact) mass is 1230 g/mol. The van der Waals surface area contributed by atoms with E-state index in [1.807, 2.05) is 38.4 Å². The first-order chi connectivity index (χ1) is 38.3. The average molecular weight is 1240 g/mol. The third kappa shape index (κ3) is 21.4. The first kappa shape index (κ1) is 67.4. The van der Waals surface area contributed by atoms with Crippen LogP contribution in [0.3, 0.4) is 0 Å². The number of hydrogen-bond acceptors (Lipinski definition) is 16. The second kappa shape index (κ2) is 34.4. The van der Waals surface area contributed by atoms with Gasteiger partial charge in [0.2, 0.25) is 10.0 Å². The number of aliphatic hydroxyl groups excluding tert-OH is 2. The zero-order chi connectivity index (χ0) is 58.2. The van der Waals surface area contributed by atoms with E-state index in [1.54, 1.807) is 48.5 Å². The molecule has 0 spiro atoms. The highest BCUT2D eigenvalue weighted by Crippen LogP contribution is 2.40. The number of nitrogens with one attached hydrogen (secondary N) is 2. The van der Waals surface area contributed by atoms with Crippen molar-refractivity contribution in [2.24, 2.45) is 0 Å². The molecule has 4 aromatic rings. The molecule has 0 fully saturated rings. The molecule has 2 aliphatic rings. The van der Waals surface area contributed by atoms with Gasteiger partial charge in [0.05, 0.1) is 75.0 Å². The fraction of sp³-hybridized carbons (Fsp3) is 0.536. The second-order valence-electron chi connectivity index (χ2n) is 19.4. The highest BCUT2D eigenvalue weighted by Gasteiger charge is 2.31. The molecule has 4 N–H and O–H groups in total. The van der Waals surface area contributed by atoms with Crippen molar-refractivity contribution >= 4 is 78.0 Å². The molecule has 1 amide bonds. The topological polar surface area (TPSA) is 229 Å². The number of sulfonamides is 1. The summed E-state index contributed by atoms with van der Waals surface area (Å²) in [5.74, 6) is -1.61. The number of fused-ring (bicyclic) bond motifs is 2. The maximum atomic E-state index is 13.1.